The van der Waals surface area contributed by atoms with Crippen LogP contribution in [-0.4, -0.2) is 63.4 Å². The summed E-state index contributed by atoms with van der Waals surface area (Å²) in [7, 11) is 0. The summed E-state index contributed by atoms with van der Waals surface area (Å²) in [5.74, 6) is -0.994. The van der Waals surface area contributed by atoms with Gasteiger partial charge in [-0.3, -0.25) is 4.90 Å². The van der Waals surface area contributed by atoms with E-state index in [0.29, 0.717) is 30.7 Å². The molecule has 1 saturated heterocycles. The molecule has 1 aliphatic heterocycles. The predicted octanol–water partition coefficient (Wildman–Crippen LogP) is 8.14. The number of carbonyl (C=O) groups is 3. The van der Waals surface area contributed by atoms with Crippen molar-refractivity contribution in [3.8, 4) is 11.1 Å². The summed E-state index contributed by atoms with van der Waals surface area (Å²) < 4.78 is 17.7. The van der Waals surface area contributed by atoms with E-state index in [4.69, 9.17) is 13.9 Å². The third-order valence-electron chi connectivity index (χ3n) is 9.77. The number of ether oxygens (including phenoxy) is 2. The molecule has 1 spiro atoms. The number of carboxylic acids is 1. The van der Waals surface area contributed by atoms with Crippen LogP contribution in [0, 0.1) is 6.92 Å². The van der Waals surface area contributed by atoms with Crippen LogP contribution in [-0.2, 0) is 16.0 Å². The molecule has 1 saturated carbocycles. The van der Waals surface area contributed by atoms with Crippen molar-refractivity contribution in [3.63, 3.8) is 0 Å². The number of hydrogen-bond donors (Lipinski definition) is 1. The molecular weight excluding hydrogens is 584 g/mol. The van der Waals surface area contributed by atoms with Gasteiger partial charge in [-0.05, 0) is 81.7 Å². The molecule has 1 unspecified atom stereocenters. The lowest BCUT2D eigenvalue weighted by molar-refractivity contribution is -0.0465. The summed E-state index contributed by atoms with van der Waals surface area (Å²) in [5, 5.41) is 9.62. The van der Waals surface area contributed by atoms with Crippen molar-refractivity contribution >= 4 is 18.2 Å². The van der Waals surface area contributed by atoms with Gasteiger partial charge in [-0.15, -0.1) is 0 Å². The van der Waals surface area contributed by atoms with Crippen molar-refractivity contribution in [2.45, 2.75) is 102 Å². The number of hydrogen-bond acceptors (Lipinski definition) is 6. The van der Waals surface area contributed by atoms with Gasteiger partial charge in [0.2, 0.25) is 5.76 Å². The number of carbonyl (C=O) groups excluding carboxylic acids is 2. The molecule has 6 rings (SSSR count). The van der Waals surface area contributed by atoms with E-state index in [1.165, 1.54) is 0 Å². The lowest BCUT2D eigenvalue weighted by Crippen LogP contribution is -2.62. The monoisotopic (exact) mass is 628 g/mol. The first-order chi connectivity index (χ1) is 22.0. The van der Waals surface area contributed by atoms with Crippen LogP contribution in [0.15, 0.2) is 59.0 Å². The number of benzene rings is 2. The quantitative estimate of drug-likeness (QED) is 0.293. The van der Waals surface area contributed by atoms with Crippen molar-refractivity contribution in [3.05, 3.63) is 82.8 Å². The van der Waals surface area contributed by atoms with Gasteiger partial charge >= 0.3 is 18.2 Å². The number of aryl methyl sites for hydroxylation is 1. The fourth-order valence-electron chi connectivity index (χ4n) is 7.74. The van der Waals surface area contributed by atoms with Crippen LogP contribution in [0.1, 0.15) is 105 Å². The molecule has 2 fully saturated rings. The lowest BCUT2D eigenvalue weighted by Gasteiger charge is -2.53. The van der Waals surface area contributed by atoms with Gasteiger partial charge in [-0.2, -0.15) is 0 Å². The summed E-state index contributed by atoms with van der Waals surface area (Å²) >= 11 is 0. The number of rotatable bonds is 6. The number of amides is 2. The molecule has 2 heterocycles. The fourth-order valence-corrected chi connectivity index (χ4v) is 7.74. The highest BCUT2D eigenvalue weighted by atomic mass is 16.6. The zero-order valence-corrected chi connectivity index (χ0v) is 27.2. The number of carboxylic acid groups (broad SMARTS) is 1. The van der Waals surface area contributed by atoms with Crippen LogP contribution in [0.25, 0.3) is 11.1 Å². The van der Waals surface area contributed by atoms with Crippen molar-refractivity contribution in [1.82, 2.24) is 9.80 Å². The first-order valence-electron chi connectivity index (χ1n) is 16.4. The van der Waals surface area contributed by atoms with Gasteiger partial charge in [-0.25, -0.2) is 14.4 Å². The molecule has 1 atom stereocenters. The van der Waals surface area contributed by atoms with Gasteiger partial charge in [0.25, 0.3) is 0 Å². The Morgan fingerprint density at radius 3 is 2.22 bits per heavy atom. The molecule has 244 valence electrons. The Morgan fingerprint density at radius 2 is 1.63 bits per heavy atom. The topological polar surface area (TPSA) is 110 Å². The minimum Gasteiger partial charge on any atom is -0.475 e. The normalized spacial score (nSPS) is 19.0. The van der Waals surface area contributed by atoms with Crippen LogP contribution in [0.4, 0.5) is 9.59 Å². The summed E-state index contributed by atoms with van der Waals surface area (Å²) in [5.41, 5.74) is 4.00. The maximum Gasteiger partial charge on any atom is 0.410 e. The number of likely N-dealkylation sites (tertiary alicyclic amines) is 1. The highest BCUT2D eigenvalue weighted by molar-refractivity contribution is 5.86. The second kappa shape index (κ2) is 12.5. The van der Waals surface area contributed by atoms with Gasteiger partial charge in [0.05, 0.1) is 6.54 Å². The van der Waals surface area contributed by atoms with E-state index < -0.39 is 23.2 Å². The molecule has 1 N–H and O–H groups in total. The predicted molar refractivity (Wildman–Crippen MR) is 173 cm³/mol. The smallest absolute Gasteiger partial charge is 0.410 e. The van der Waals surface area contributed by atoms with Gasteiger partial charge in [-0.1, -0.05) is 67.8 Å². The molecule has 3 aliphatic rings. The van der Waals surface area contributed by atoms with Crippen LogP contribution < -0.4 is 0 Å². The Kier molecular flexibility index (Phi) is 8.61. The van der Waals surface area contributed by atoms with Crippen LogP contribution >= 0.6 is 0 Å². The number of fused-ring (bicyclic) bond motifs is 3. The fraction of sp³-hybridized carbons (Fsp3) is 0.486. The molecule has 9 heteroatoms. The van der Waals surface area contributed by atoms with E-state index in [1.807, 2.05) is 49.9 Å². The van der Waals surface area contributed by atoms with E-state index in [-0.39, 0.29) is 37.0 Å². The van der Waals surface area contributed by atoms with Crippen molar-refractivity contribution in [1.29, 1.82) is 0 Å². The minimum absolute atomic E-state index is 0.0674. The lowest BCUT2D eigenvalue weighted by atomic mass is 9.73. The molecule has 0 radical (unpaired) electrons. The summed E-state index contributed by atoms with van der Waals surface area (Å²) in [6.45, 7) is 8.00. The third kappa shape index (κ3) is 6.24. The molecule has 1 aromatic heterocycles. The van der Waals surface area contributed by atoms with Crippen LogP contribution in [0.3, 0.4) is 0 Å². The number of furan rings is 1. The first-order valence-corrected chi connectivity index (χ1v) is 16.4. The van der Waals surface area contributed by atoms with Gasteiger partial charge in [0.1, 0.15) is 18.0 Å². The van der Waals surface area contributed by atoms with E-state index >= 15 is 0 Å². The minimum atomic E-state index is -1.15. The number of nitrogens with zero attached hydrogens (tertiary/aromatic N) is 2. The molecule has 0 bridgehead atoms. The highest BCUT2D eigenvalue weighted by Gasteiger charge is 2.48. The van der Waals surface area contributed by atoms with E-state index in [9.17, 15) is 19.5 Å². The summed E-state index contributed by atoms with van der Waals surface area (Å²) in [6, 6.07) is 17.9. The Balaban J connectivity index is 1.28. The van der Waals surface area contributed by atoms with Crippen LogP contribution in [0.5, 0.6) is 0 Å². The molecule has 3 aromatic rings. The Hall–Kier alpha value is -4.27. The van der Waals surface area contributed by atoms with Crippen molar-refractivity contribution < 1.29 is 33.4 Å². The molecule has 2 aliphatic carbocycles. The Bertz CT molecular complexity index is 1570. The van der Waals surface area contributed by atoms with E-state index in [0.717, 1.165) is 54.4 Å². The van der Waals surface area contributed by atoms with Crippen molar-refractivity contribution in [2.24, 2.45) is 0 Å². The maximum absolute atomic E-state index is 14.2. The second-order valence-corrected chi connectivity index (χ2v) is 14.0. The summed E-state index contributed by atoms with van der Waals surface area (Å²) in [6.07, 6.45) is 5.11. The highest BCUT2D eigenvalue weighted by Crippen LogP contribution is 2.45. The Morgan fingerprint density at radius 1 is 1.00 bits per heavy atom. The molecular formula is C37H44N2O7. The van der Waals surface area contributed by atoms with E-state index in [2.05, 4.69) is 24.3 Å². The molecule has 2 aromatic carbocycles. The average molecular weight is 629 g/mol. The maximum atomic E-state index is 14.2. The zero-order valence-electron chi connectivity index (χ0n) is 27.2. The third-order valence-corrected chi connectivity index (χ3v) is 9.77. The van der Waals surface area contributed by atoms with Crippen molar-refractivity contribution in [2.75, 3.05) is 13.2 Å². The SMILES string of the molecule is Cc1cc(CN(C(=O)OCC2c3ccccc3-c3ccccc32)C2CCN(C(=O)OC(C)(C)C)C3(CCCCC3)C2)oc1C(=O)O. The first kappa shape index (κ1) is 31.7. The average Bonchev–Trinajstić information content (AvgIpc) is 3.55. The van der Waals surface area contributed by atoms with Gasteiger partial charge < -0.3 is 23.9 Å². The zero-order chi connectivity index (χ0) is 32.6. The van der Waals surface area contributed by atoms with Gasteiger partial charge in [0.15, 0.2) is 0 Å². The molecule has 46 heavy (non-hydrogen) atoms. The standard InChI is InChI=1S/C37H44N2O7/c1-24-20-26(45-32(24)33(40)41)22-38(25-16-19-39(35(43)46-36(2,3)4)37(21-25)17-10-5-11-18-37)34(42)44-23-31-29-14-8-6-12-27(29)28-13-7-9-15-30(28)31/h6-9,12-15,20,25,31H,5,10-11,16-19,21-23H2,1-4H3,(H,40,41). The summed E-state index contributed by atoms with van der Waals surface area (Å²) in [4.78, 5) is 43.0. The second-order valence-electron chi connectivity index (χ2n) is 14.0. The largest absolute Gasteiger partial charge is 0.475 e. The Labute approximate surface area is 270 Å². The number of aromatic carboxylic acids is 1. The van der Waals surface area contributed by atoms with Crippen LogP contribution in [0.2, 0.25) is 0 Å². The number of piperidine rings is 1. The van der Waals surface area contributed by atoms with E-state index in [1.54, 1.807) is 17.9 Å². The van der Waals surface area contributed by atoms with Gasteiger partial charge in [0, 0.05) is 29.6 Å². The molecule has 9 nitrogen and oxygen atoms in total. The molecule has 2 amide bonds.